The number of carbonyl (C=O) groups is 1. The van der Waals surface area contributed by atoms with Gasteiger partial charge in [0.2, 0.25) is 15.9 Å². The van der Waals surface area contributed by atoms with Crippen molar-refractivity contribution in [3.63, 3.8) is 0 Å². The number of halogens is 1. The number of anilines is 1. The monoisotopic (exact) mass is 462 g/mol. The van der Waals surface area contributed by atoms with Crippen LogP contribution in [0, 0.1) is 5.92 Å². The normalized spacial score (nSPS) is 20.0. The van der Waals surface area contributed by atoms with E-state index < -0.39 is 10.0 Å². The van der Waals surface area contributed by atoms with E-state index in [9.17, 15) is 13.2 Å². The van der Waals surface area contributed by atoms with Crippen molar-refractivity contribution in [2.45, 2.75) is 44.0 Å². The van der Waals surface area contributed by atoms with E-state index >= 15 is 0 Å². The van der Waals surface area contributed by atoms with Crippen molar-refractivity contribution in [3.8, 4) is 5.75 Å². The summed E-state index contributed by atoms with van der Waals surface area (Å²) in [5.74, 6) is 0.384. The third kappa shape index (κ3) is 4.19. The Morgan fingerprint density at radius 3 is 2.55 bits per heavy atom. The van der Waals surface area contributed by atoms with Crippen molar-refractivity contribution in [3.05, 3.63) is 53.1 Å². The first kappa shape index (κ1) is 22.1. The van der Waals surface area contributed by atoms with Crippen LogP contribution in [0.1, 0.15) is 32.3 Å². The third-order valence-corrected chi connectivity index (χ3v) is 8.28. The standard InChI is InChI=1S/C23H27ClN2O4S/c1-3-30-22-9-8-19(15-20(22)24)31(28,29)25-12-10-17(11-13-25)23(27)26-16(2)14-18-6-4-5-7-21(18)26/h4-9,15-17H,3,10-14H2,1-2H3. The zero-order valence-electron chi connectivity index (χ0n) is 17.8. The summed E-state index contributed by atoms with van der Waals surface area (Å²) >= 11 is 6.19. The maximum Gasteiger partial charge on any atom is 0.243 e. The van der Waals surface area contributed by atoms with Crippen LogP contribution in [0.2, 0.25) is 5.02 Å². The van der Waals surface area contributed by atoms with Crippen LogP contribution in [-0.4, -0.2) is 44.4 Å². The molecular formula is C23H27ClN2O4S. The predicted molar refractivity (Wildman–Crippen MR) is 121 cm³/mol. The molecule has 8 heteroatoms. The molecule has 0 spiro atoms. The molecule has 1 fully saturated rings. The topological polar surface area (TPSA) is 66.9 Å². The first-order valence-electron chi connectivity index (χ1n) is 10.7. The number of piperidine rings is 1. The number of ether oxygens (including phenoxy) is 1. The van der Waals surface area contributed by atoms with Crippen LogP contribution in [0.5, 0.6) is 5.75 Å². The Bertz CT molecular complexity index is 1080. The van der Waals surface area contributed by atoms with Crippen LogP contribution in [0.25, 0.3) is 0 Å². The quantitative estimate of drug-likeness (QED) is 0.670. The number of para-hydroxylation sites is 1. The molecule has 1 atom stereocenters. The number of fused-ring (bicyclic) bond motifs is 1. The van der Waals surface area contributed by atoms with E-state index in [1.54, 1.807) is 6.07 Å². The van der Waals surface area contributed by atoms with Gasteiger partial charge >= 0.3 is 0 Å². The second kappa shape index (κ2) is 8.81. The first-order valence-corrected chi connectivity index (χ1v) is 12.5. The molecule has 4 rings (SSSR count). The molecule has 1 saturated heterocycles. The Balaban J connectivity index is 1.45. The highest BCUT2D eigenvalue weighted by atomic mass is 35.5. The van der Waals surface area contributed by atoms with Crippen LogP contribution < -0.4 is 9.64 Å². The molecule has 0 aliphatic carbocycles. The second-order valence-electron chi connectivity index (χ2n) is 8.09. The van der Waals surface area contributed by atoms with Crippen LogP contribution in [-0.2, 0) is 21.2 Å². The van der Waals surface area contributed by atoms with Crippen LogP contribution in [0.15, 0.2) is 47.4 Å². The van der Waals surface area contributed by atoms with E-state index in [4.69, 9.17) is 16.3 Å². The number of amides is 1. The summed E-state index contributed by atoms with van der Waals surface area (Å²) in [4.78, 5) is 15.3. The fourth-order valence-corrected chi connectivity index (χ4v) is 6.30. The molecule has 0 radical (unpaired) electrons. The van der Waals surface area contributed by atoms with Crippen molar-refractivity contribution in [1.29, 1.82) is 0 Å². The minimum Gasteiger partial charge on any atom is -0.492 e. The highest BCUT2D eigenvalue weighted by molar-refractivity contribution is 7.89. The highest BCUT2D eigenvalue weighted by Gasteiger charge is 2.38. The van der Waals surface area contributed by atoms with Crippen molar-refractivity contribution >= 4 is 33.2 Å². The zero-order valence-corrected chi connectivity index (χ0v) is 19.3. The lowest BCUT2D eigenvalue weighted by molar-refractivity contribution is -0.123. The molecule has 2 aromatic carbocycles. The lowest BCUT2D eigenvalue weighted by atomic mass is 9.96. The van der Waals surface area contributed by atoms with E-state index in [2.05, 4.69) is 13.0 Å². The number of benzene rings is 2. The Kier molecular flexibility index (Phi) is 6.28. The maximum absolute atomic E-state index is 13.3. The van der Waals surface area contributed by atoms with Crippen molar-refractivity contribution in [2.75, 3.05) is 24.6 Å². The van der Waals surface area contributed by atoms with E-state index in [1.165, 1.54) is 22.0 Å². The minimum atomic E-state index is -3.68. The maximum atomic E-state index is 13.3. The Morgan fingerprint density at radius 1 is 1.16 bits per heavy atom. The fraction of sp³-hybridized carbons (Fsp3) is 0.435. The Labute approximate surface area is 188 Å². The average molecular weight is 463 g/mol. The summed E-state index contributed by atoms with van der Waals surface area (Å²) in [6.45, 7) is 4.98. The zero-order chi connectivity index (χ0) is 22.2. The molecule has 166 valence electrons. The first-order chi connectivity index (χ1) is 14.8. The smallest absolute Gasteiger partial charge is 0.243 e. The minimum absolute atomic E-state index is 0.0959. The van der Waals surface area contributed by atoms with Gasteiger partial charge in [-0.05, 0) is 62.9 Å². The van der Waals surface area contributed by atoms with Gasteiger partial charge in [-0.1, -0.05) is 29.8 Å². The number of carbonyl (C=O) groups excluding carboxylic acids is 1. The summed E-state index contributed by atoms with van der Waals surface area (Å²) in [5.41, 5.74) is 2.18. The van der Waals surface area contributed by atoms with Gasteiger partial charge in [0.1, 0.15) is 5.75 Å². The third-order valence-electron chi connectivity index (χ3n) is 6.09. The number of hydrogen-bond acceptors (Lipinski definition) is 4. The molecule has 1 amide bonds. The molecular weight excluding hydrogens is 436 g/mol. The number of rotatable bonds is 5. The number of sulfonamides is 1. The molecule has 0 N–H and O–H groups in total. The SMILES string of the molecule is CCOc1ccc(S(=O)(=O)N2CCC(C(=O)N3c4ccccc4CC3C)CC2)cc1Cl. The summed E-state index contributed by atoms with van der Waals surface area (Å²) in [6.07, 6.45) is 1.87. The van der Waals surface area contributed by atoms with Crippen LogP contribution in [0.3, 0.4) is 0 Å². The predicted octanol–water partition coefficient (Wildman–Crippen LogP) is 4.12. The van der Waals surface area contributed by atoms with Gasteiger partial charge < -0.3 is 9.64 Å². The molecule has 2 aliphatic rings. The van der Waals surface area contributed by atoms with Gasteiger partial charge in [-0.15, -0.1) is 0 Å². The summed E-state index contributed by atoms with van der Waals surface area (Å²) in [5, 5.41) is 0.273. The highest BCUT2D eigenvalue weighted by Crippen LogP contribution is 2.35. The lowest BCUT2D eigenvalue weighted by Gasteiger charge is -2.34. The van der Waals surface area contributed by atoms with Crippen LogP contribution in [0.4, 0.5) is 5.69 Å². The van der Waals surface area contributed by atoms with Crippen molar-refractivity contribution in [1.82, 2.24) is 4.31 Å². The molecule has 31 heavy (non-hydrogen) atoms. The number of nitrogens with zero attached hydrogens (tertiary/aromatic N) is 2. The van der Waals surface area contributed by atoms with Gasteiger partial charge in [-0.25, -0.2) is 8.42 Å². The summed E-state index contributed by atoms with van der Waals surface area (Å²) < 4.78 is 33.0. The van der Waals surface area contributed by atoms with Crippen LogP contribution >= 0.6 is 11.6 Å². The van der Waals surface area contributed by atoms with Gasteiger partial charge in [0, 0.05) is 30.7 Å². The van der Waals surface area contributed by atoms with Crippen molar-refractivity contribution < 1.29 is 17.9 Å². The van der Waals surface area contributed by atoms with E-state index in [0.717, 1.165) is 12.1 Å². The van der Waals surface area contributed by atoms with Gasteiger partial charge in [0.25, 0.3) is 0 Å². The number of hydrogen-bond donors (Lipinski definition) is 0. The fourth-order valence-electron chi connectivity index (χ4n) is 4.50. The molecule has 2 aliphatic heterocycles. The van der Waals surface area contributed by atoms with Gasteiger partial charge in [0.05, 0.1) is 16.5 Å². The van der Waals surface area contributed by atoms with E-state index in [1.807, 2.05) is 30.0 Å². The van der Waals surface area contributed by atoms with Gasteiger partial charge in [-0.3, -0.25) is 4.79 Å². The Morgan fingerprint density at radius 2 is 1.87 bits per heavy atom. The average Bonchev–Trinajstić information content (AvgIpc) is 3.10. The Hall–Kier alpha value is -2.09. The molecule has 0 aromatic heterocycles. The van der Waals surface area contributed by atoms with E-state index in [-0.39, 0.29) is 27.8 Å². The molecule has 6 nitrogen and oxygen atoms in total. The summed E-state index contributed by atoms with van der Waals surface area (Å²) in [6, 6.07) is 12.7. The molecule has 0 bridgehead atoms. The molecule has 1 unspecified atom stereocenters. The van der Waals surface area contributed by atoms with Gasteiger partial charge in [0.15, 0.2) is 0 Å². The molecule has 0 saturated carbocycles. The largest absolute Gasteiger partial charge is 0.492 e. The van der Waals surface area contributed by atoms with Gasteiger partial charge in [-0.2, -0.15) is 4.31 Å². The molecule has 2 aromatic rings. The van der Waals surface area contributed by atoms with Crippen molar-refractivity contribution in [2.24, 2.45) is 5.92 Å². The molecule has 2 heterocycles. The van der Waals surface area contributed by atoms with E-state index in [0.29, 0.717) is 38.3 Å². The summed E-state index contributed by atoms with van der Waals surface area (Å²) in [7, 11) is -3.68. The second-order valence-corrected chi connectivity index (χ2v) is 10.4. The lowest BCUT2D eigenvalue weighted by Crippen LogP contribution is -2.46.